The van der Waals surface area contributed by atoms with E-state index < -0.39 is 36.6 Å². The lowest BCUT2D eigenvalue weighted by Crippen LogP contribution is -2.51. The molecule has 2 aromatic rings. The monoisotopic (exact) mass is 351 g/mol. The predicted octanol–water partition coefficient (Wildman–Crippen LogP) is 0.770. The largest absolute Gasteiger partial charge is 0.480 e. The Kier molecular flexibility index (Phi) is 4.95. The van der Waals surface area contributed by atoms with Crippen LogP contribution >= 0.6 is 0 Å². The first-order valence-electron chi connectivity index (χ1n) is 7.82. The second kappa shape index (κ2) is 7.16. The summed E-state index contributed by atoms with van der Waals surface area (Å²) < 4.78 is 26.2. The summed E-state index contributed by atoms with van der Waals surface area (Å²) in [5.74, 6) is -2.55. The third-order valence-electron chi connectivity index (χ3n) is 3.97. The maximum Gasteiger partial charge on any atom is 0.329 e. The minimum absolute atomic E-state index is 0.157. The van der Waals surface area contributed by atoms with Crippen molar-refractivity contribution in [1.29, 1.82) is 0 Å². The highest BCUT2D eigenvalue weighted by molar-refractivity contribution is 5.93. The molecular weight excluding hydrogens is 333 g/mol. The first-order chi connectivity index (χ1) is 12.0. The number of aliphatic carboxylic acids is 1. The van der Waals surface area contributed by atoms with Gasteiger partial charge in [-0.15, -0.1) is 0 Å². The highest BCUT2D eigenvalue weighted by atomic mass is 19.1. The molecule has 0 saturated carbocycles. The summed E-state index contributed by atoms with van der Waals surface area (Å²) in [5.41, 5.74) is 0.904. The number of nitrogens with one attached hydrogen (secondary N) is 1. The molecule has 0 radical (unpaired) electrons. The zero-order valence-corrected chi connectivity index (χ0v) is 13.6. The number of carboxylic acids is 1. The highest BCUT2D eigenvalue weighted by Gasteiger charge is 2.30. The van der Waals surface area contributed by atoms with E-state index in [0.29, 0.717) is 18.7 Å². The predicted molar refractivity (Wildman–Crippen MR) is 84.0 cm³/mol. The number of rotatable bonds is 5. The van der Waals surface area contributed by atoms with Crippen LogP contribution in [0.25, 0.3) is 5.65 Å². The van der Waals surface area contributed by atoms with Crippen LogP contribution in [0.4, 0.5) is 4.39 Å². The Bertz CT molecular complexity index is 806. The lowest BCUT2D eigenvalue weighted by molar-refractivity contribution is -0.147. The van der Waals surface area contributed by atoms with E-state index in [9.17, 15) is 14.0 Å². The molecule has 1 aliphatic rings. The number of aromatic nitrogens is 2. The number of aryl methyl sites for hydroxylation is 1. The van der Waals surface area contributed by atoms with Gasteiger partial charge in [0.2, 0.25) is 5.95 Å². The van der Waals surface area contributed by atoms with E-state index >= 15 is 0 Å². The molecule has 0 aromatic carbocycles. The van der Waals surface area contributed by atoms with Crippen LogP contribution < -0.4 is 5.32 Å². The minimum atomic E-state index is -1.10. The second-order valence-electron chi connectivity index (χ2n) is 5.87. The van der Waals surface area contributed by atoms with Crippen LogP contribution in [0.5, 0.6) is 0 Å². The average molecular weight is 351 g/mol. The van der Waals surface area contributed by atoms with E-state index in [2.05, 4.69) is 10.3 Å². The fourth-order valence-corrected chi connectivity index (χ4v) is 2.73. The summed E-state index contributed by atoms with van der Waals surface area (Å²) in [6, 6.07) is 2.80. The third-order valence-corrected chi connectivity index (χ3v) is 3.97. The van der Waals surface area contributed by atoms with Gasteiger partial charge in [0, 0.05) is 12.8 Å². The molecule has 0 spiro atoms. The number of pyridine rings is 1. The number of carbonyl (C=O) groups excluding carboxylic acids is 1. The molecular formula is C16H18FN3O5. The molecule has 1 fully saturated rings. The molecule has 3 rings (SSSR count). The summed E-state index contributed by atoms with van der Waals surface area (Å²) in [6.45, 7) is 1.93. The molecule has 1 aliphatic heterocycles. The van der Waals surface area contributed by atoms with Crippen molar-refractivity contribution in [3.05, 3.63) is 35.5 Å². The van der Waals surface area contributed by atoms with Gasteiger partial charge in [-0.1, -0.05) is 0 Å². The van der Waals surface area contributed by atoms with Crippen LogP contribution in [0.15, 0.2) is 18.3 Å². The average Bonchev–Trinajstić information content (AvgIpc) is 2.90. The number of fused-ring (bicyclic) bond motifs is 1. The van der Waals surface area contributed by atoms with Crippen molar-refractivity contribution in [3.63, 3.8) is 0 Å². The molecule has 2 atom stereocenters. The summed E-state index contributed by atoms with van der Waals surface area (Å²) in [5, 5.41) is 11.4. The van der Waals surface area contributed by atoms with Gasteiger partial charge < -0.3 is 19.9 Å². The van der Waals surface area contributed by atoms with Crippen molar-refractivity contribution >= 4 is 17.5 Å². The smallest absolute Gasteiger partial charge is 0.329 e. The number of halogens is 1. The van der Waals surface area contributed by atoms with Crippen molar-refractivity contribution in [3.8, 4) is 0 Å². The second-order valence-corrected chi connectivity index (χ2v) is 5.87. The van der Waals surface area contributed by atoms with E-state index in [1.807, 2.05) is 6.92 Å². The van der Waals surface area contributed by atoms with Crippen molar-refractivity contribution < 1.29 is 28.6 Å². The van der Waals surface area contributed by atoms with Crippen LogP contribution in [-0.4, -0.2) is 58.3 Å². The fraction of sp³-hybridized carbons (Fsp3) is 0.438. The Morgan fingerprint density at radius 3 is 3.12 bits per heavy atom. The van der Waals surface area contributed by atoms with Gasteiger partial charge in [0.05, 0.1) is 18.8 Å². The van der Waals surface area contributed by atoms with Crippen LogP contribution in [-0.2, 0) is 14.3 Å². The zero-order chi connectivity index (χ0) is 18.0. The van der Waals surface area contributed by atoms with Gasteiger partial charge in [-0.3, -0.25) is 9.20 Å². The number of hydrogen-bond donors (Lipinski definition) is 2. The van der Waals surface area contributed by atoms with Gasteiger partial charge >= 0.3 is 5.97 Å². The molecule has 0 unspecified atom stereocenters. The third kappa shape index (κ3) is 3.77. The lowest BCUT2D eigenvalue weighted by atomic mass is 10.1. The molecule has 1 amide bonds. The maximum absolute atomic E-state index is 14.4. The summed E-state index contributed by atoms with van der Waals surface area (Å²) in [7, 11) is 0. The summed E-state index contributed by atoms with van der Waals surface area (Å²) in [6.07, 6.45) is 1.42. The van der Waals surface area contributed by atoms with E-state index in [-0.39, 0.29) is 12.3 Å². The molecule has 2 N–H and O–H groups in total. The van der Waals surface area contributed by atoms with E-state index in [1.165, 1.54) is 10.6 Å². The molecule has 0 bridgehead atoms. The van der Waals surface area contributed by atoms with Gasteiger partial charge in [0.1, 0.15) is 12.3 Å². The molecule has 2 aromatic heterocycles. The Balaban J connectivity index is 1.76. The van der Waals surface area contributed by atoms with E-state index in [4.69, 9.17) is 14.6 Å². The Hall–Kier alpha value is -2.52. The molecule has 9 heteroatoms. The Morgan fingerprint density at radius 1 is 1.56 bits per heavy atom. The highest BCUT2D eigenvalue weighted by Crippen LogP contribution is 2.15. The number of carbonyl (C=O) groups is 2. The Labute approximate surface area is 142 Å². The van der Waals surface area contributed by atoms with Gasteiger partial charge in [0.25, 0.3) is 5.91 Å². The van der Waals surface area contributed by atoms with Crippen molar-refractivity contribution in [2.45, 2.75) is 25.5 Å². The molecule has 8 nitrogen and oxygen atoms in total. The lowest BCUT2D eigenvalue weighted by Gasteiger charge is -2.31. The van der Waals surface area contributed by atoms with Gasteiger partial charge in [-0.25, -0.2) is 9.78 Å². The topological polar surface area (TPSA) is 102 Å². The van der Waals surface area contributed by atoms with Crippen LogP contribution in [0.3, 0.4) is 0 Å². The van der Waals surface area contributed by atoms with Crippen LogP contribution in [0, 0.1) is 12.9 Å². The number of amides is 1. The minimum Gasteiger partial charge on any atom is -0.480 e. The normalized spacial score (nSPS) is 20.6. The molecule has 1 saturated heterocycles. The number of imidazole rings is 1. The maximum atomic E-state index is 14.4. The number of hydrogen-bond acceptors (Lipinski definition) is 5. The standard InChI is InChI=1S/C16H18FN3O5/c1-9-2-4-20-12(6-9)19-14(15(20)17)16(23)18-10-7-24-5-3-11(10)25-8-13(21)22/h2,4,6,10-11H,3,5,7-8H2,1H3,(H,18,23)(H,21,22)/t10-,11+/m1/s1. The van der Waals surface area contributed by atoms with E-state index in [1.54, 1.807) is 12.1 Å². The molecule has 3 heterocycles. The van der Waals surface area contributed by atoms with Crippen LogP contribution in [0.2, 0.25) is 0 Å². The van der Waals surface area contributed by atoms with Gasteiger partial charge in [-0.05, 0) is 31.0 Å². The van der Waals surface area contributed by atoms with Gasteiger partial charge in [-0.2, -0.15) is 4.39 Å². The summed E-state index contributed by atoms with van der Waals surface area (Å²) >= 11 is 0. The number of carboxylic acid groups (broad SMARTS) is 1. The quantitative estimate of drug-likeness (QED) is 0.825. The number of ether oxygens (including phenoxy) is 2. The summed E-state index contributed by atoms with van der Waals surface area (Å²) in [4.78, 5) is 27.1. The van der Waals surface area contributed by atoms with Crippen LogP contribution in [0.1, 0.15) is 22.5 Å². The molecule has 0 aliphatic carbocycles. The Morgan fingerprint density at radius 2 is 2.36 bits per heavy atom. The van der Waals surface area contributed by atoms with Crippen molar-refractivity contribution in [2.24, 2.45) is 0 Å². The molecule has 25 heavy (non-hydrogen) atoms. The SMILES string of the molecule is Cc1ccn2c(F)c(C(=O)N[C@@H]3COCC[C@@H]3OCC(=O)O)nc2c1. The van der Waals surface area contributed by atoms with Crippen molar-refractivity contribution in [1.82, 2.24) is 14.7 Å². The zero-order valence-electron chi connectivity index (χ0n) is 13.6. The molecule has 134 valence electrons. The number of nitrogens with zero attached hydrogens (tertiary/aromatic N) is 2. The van der Waals surface area contributed by atoms with E-state index in [0.717, 1.165) is 5.56 Å². The fourth-order valence-electron chi connectivity index (χ4n) is 2.73. The van der Waals surface area contributed by atoms with Crippen molar-refractivity contribution in [2.75, 3.05) is 19.8 Å². The van der Waals surface area contributed by atoms with Gasteiger partial charge in [0.15, 0.2) is 5.69 Å². The first-order valence-corrected chi connectivity index (χ1v) is 7.82. The first kappa shape index (κ1) is 17.3.